The van der Waals surface area contributed by atoms with Crippen molar-refractivity contribution in [3.05, 3.63) is 59.7 Å². The summed E-state index contributed by atoms with van der Waals surface area (Å²) in [5.74, 6) is -0.134. The monoisotopic (exact) mass is 394 g/mol. The molecule has 0 heterocycles. The molecular weight excluding hydrogens is 372 g/mol. The normalized spacial score (nSPS) is 13.6. The topological polar surface area (TPSA) is 99.1 Å². The lowest BCUT2D eigenvalue weighted by Crippen LogP contribution is -2.24. The molecule has 0 fully saturated rings. The number of rotatable bonds is 9. The molecule has 2 aromatic carbocycles. The van der Waals surface area contributed by atoms with Crippen molar-refractivity contribution in [1.29, 1.82) is 0 Å². The molecule has 0 aromatic heterocycles. The number of hydrogen-bond donors (Lipinski definition) is 1. The molecule has 0 aliphatic heterocycles. The van der Waals surface area contributed by atoms with Crippen LogP contribution < -0.4 is 8.92 Å². The van der Waals surface area contributed by atoms with Gasteiger partial charge in [-0.15, -0.1) is 0 Å². The van der Waals surface area contributed by atoms with Gasteiger partial charge in [0.25, 0.3) is 0 Å². The van der Waals surface area contributed by atoms with Crippen LogP contribution >= 0.6 is 0 Å². The van der Waals surface area contributed by atoms with Gasteiger partial charge in [0.1, 0.15) is 17.6 Å². The van der Waals surface area contributed by atoms with Crippen LogP contribution in [-0.4, -0.2) is 39.0 Å². The van der Waals surface area contributed by atoms with E-state index in [1.165, 1.54) is 7.11 Å². The van der Waals surface area contributed by atoms with Gasteiger partial charge in [-0.2, -0.15) is 8.42 Å². The van der Waals surface area contributed by atoms with Crippen molar-refractivity contribution in [2.24, 2.45) is 0 Å². The lowest BCUT2D eigenvalue weighted by atomic mass is 10.1. The van der Waals surface area contributed by atoms with Gasteiger partial charge in [-0.1, -0.05) is 24.3 Å². The van der Waals surface area contributed by atoms with E-state index in [1.54, 1.807) is 48.5 Å². The van der Waals surface area contributed by atoms with Gasteiger partial charge in [-0.25, -0.2) is 4.79 Å². The Kier molecular flexibility index (Phi) is 6.81. The average molecular weight is 394 g/mol. The molecule has 0 saturated carbocycles. The van der Waals surface area contributed by atoms with Crippen LogP contribution in [0.3, 0.4) is 0 Å². The van der Waals surface area contributed by atoms with E-state index in [0.717, 1.165) is 17.4 Å². The van der Waals surface area contributed by atoms with Crippen molar-refractivity contribution in [2.45, 2.75) is 25.6 Å². The largest absolute Gasteiger partial charge is 0.486 e. The molecule has 0 aliphatic carbocycles. The Hall–Kier alpha value is -2.58. The minimum absolute atomic E-state index is 0.240. The van der Waals surface area contributed by atoms with E-state index in [9.17, 15) is 13.2 Å². The lowest BCUT2D eigenvalue weighted by Gasteiger charge is -2.16. The highest BCUT2D eigenvalue weighted by atomic mass is 32.2. The van der Waals surface area contributed by atoms with Crippen molar-refractivity contribution in [2.75, 3.05) is 13.4 Å². The van der Waals surface area contributed by atoms with E-state index >= 15 is 0 Å². The number of aliphatic carboxylic acids is 1. The van der Waals surface area contributed by atoms with Crippen LogP contribution in [0.15, 0.2) is 48.5 Å². The van der Waals surface area contributed by atoms with Gasteiger partial charge in [0, 0.05) is 13.5 Å². The third kappa shape index (κ3) is 6.58. The van der Waals surface area contributed by atoms with Gasteiger partial charge in [0.05, 0.1) is 6.26 Å². The van der Waals surface area contributed by atoms with Crippen molar-refractivity contribution in [3.8, 4) is 11.5 Å². The fourth-order valence-corrected chi connectivity index (χ4v) is 2.89. The molecule has 1 N–H and O–H groups in total. The predicted octanol–water partition coefficient (Wildman–Crippen LogP) is 2.81. The summed E-state index contributed by atoms with van der Waals surface area (Å²) in [6, 6.07) is 13.7. The van der Waals surface area contributed by atoms with Gasteiger partial charge in [0.15, 0.2) is 6.10 Å². The fourth-order valence-electron chi connectivity index (χ4n) is 2.43. The second-order valence-electron chi connectivity index (χ2n) is 6.03. The lowest BCUT2D eigenvalue weighted by molar-refractivity contribution is -0.148. The molecule has 146 valence electrons. The predicted molar refractivity (Wildman–Crippen MR) is 99.5 cm³/mol. The second kappa shape index (κ2) is 8.88. The molecule has 27 heavy (non-hydrogen) atoms. The second-order valence-corrected chi connectivity index (χ2v) is 7.60. The highest BCUT2D eigenvalue weighted by Crippen LogP contribution is 2.24. The minimum Gasteiger partial charge on any atom is -0.486 e. The molecule has 0 aliphatic rings. The molecule has 0 saturated heterocycles. The SMILES string of the molecule is COC(Cc1ccc(OC(C)c2ccc(OS(C)(=O)=O)cc2)cc1)C(=O)O. The molecule has 2 unspecified atom stereocenters. The molecule has 2 aromatic rings. The number of methoxy groups -OCH3 is 1. The number of carboxylic acid groups (broad SMARTS) is 1. The molecule has 0 radical (unpaired) electrons. The third-order valence-corrected chi connectivity index (χ3v) is 4.31. The van der Waals surface area contributed by atoms with Crippen molar-refractivity contribution in [3.63, 3.8) is 0 Å². The zero-order valence-electron chi connectivity index (χ0n) is 15.3. The van der Waals surface area contributed by atoms with Gasteiger partial charge >= 0.3 is 16.1 Å². The molecule has 0 spiro atoms. The van der Waals surface area contributed by atoms with Gasteiger partial charge in [0.2, 0.25) is 0 Å². The van der Waals surface area contributed by atoms with Crippen molar-refractivity contribution in [1.82, 2.24) is 0 Å². The summed E-state index contributed by atoms with van der Waals surface area (Å²) in [6.45, 7) is 1.87. The van der Waals surface area contributed by atoms with E-state index < -0.39 is 22.2 Å². The third-order valence-electron chi connectivity index (χ3n) is 3.81. The first-order chi connectivity index (χ1) is 12.7. The Morgan fingerprint density at radius 1 is 1.04 bits per heavy atom. The summed E-state index contributed by atoms with van der Waals surface area (Å²) in [7, 11) is -2.19. The molecule has 2 atom stereocenters. The van der Waals surface area contributed by atoms with Crippen LogP contribution in [0.1, 0.15) is 24.2 Å². The Morgan fingerprint density at radius 3 is 2.07 bits per heavy atom. The number of carbonyl (C=O) groups is 1. The van der Waals surface area contributed by atoms with Gasteiger partial charge in [-0.05, 0) is 42.3 Å². The van der Waals surface area contributed by atoms with E-state index in [0.29, 0.717) is 5.75 Å². The number of carboxylic acids is 1. The van der Waals surface area contributed by atoms with Crippen LogP contribution in [0.5, 0.6) is 11.5 Å². The molecule has 7 nitrogen and oxygen atoms in total. The van der Waals surface area contributed by atoms with Gasteiger partial charge < -0.3 is 18.8 Å². The van der Waals surface area contributed by atoms with E-state index in [4.69, 9.17) is 18.8 Å². The highest BCUT2D eigenvalue weighted by Gasteiger charge is 2.17. The minimum atomic E-state index is -3.56. The van der Waals surface area contributed by atoms with E-state index in [-0.39, 0.29) is 18.3 Å². The smallest absolute Gasteiger partial charge is 0.333 e. The Labute approximate surface area is 158 Å². The van der Waals surface area contributed by atoms with E-state index in [2.05, 4.69) is 0 Å². The molecular formula is C19H22O7S. The first-order valence-corrected chi connectivity index (χ1v) is 10.00. The molecule has 2 rings (SSSR count). The molecule has 8 heteroatoms. The first-order valence-electron chi connectivity index (χ1n) is 8.18. The van der Waals surface area contributed by atoms with Crippen LogP contribution in [0.4, 0.5) is 0 Å². The Balaban J connectivity index is 1.99. The van der Waals surface area contributed by atoms with Crippen molar-refractivity contribution >= 4 is 16.1 Å². The number of benzene rings is 2. The maximum Gasteiger partial charge on any atom is 0.333 e. The maximum absolute atomic E-state index is 11.1. The summed E-state index contributed by atoms with van der Waals surface area (Å²) in [6.07, 6.45) is 0.0997. The van der Waals surface area contributed by atoms with Gasteiger partial charge in [-0.3, -0.25) is 0 Å². The zero-order valence-corrected chi connectivity index (χ0v) is 16.1. The van der Waals surface area contributed by atoms with Crippen molar-refractivity contribution < 1.29 is 32.0 Å². The van der Waals surface area contributed by atoms with Crippen LogP contribution in [0, 0.1) is 0 Å². The first kappa shape index (κ1) is 20.7. The summed E-state index contributed by atoms with van der Waals surface area (Å²) >= 11 is 0. The Morgan fingerprint density at radius 2 is 1.59 bits per heavy atom. The maximum atomic E-state index is 11.1. The standard InChI is InChI=1S/C19H22O7S/c1-13(15-6-10-17(11-7-15)26-27(3,22)23)25-16-8-4-14(5-9-16)12-18(24-2)19(20)21/h4-11,13,18H,12H2,1-3H3,(H,20,21). The van der Waals surface area contributed by atoms with Crippen LogP contribution in [0.2, 0.25) is 0 Å². The number of ether oxygens (including phenoxy) is 2. The summed E-state index contributed by atoms with van der Waals surface area (Å²) in [5, 5.41) is 9.02. The molecule has 0 bridgehead atoms. The molecule has 0 amide bonds. The number of hydrogen-bond acceptors (Lipinski definition) is 6. The average Bonchev–Trinajstić information content (AvgIpc) is 2.60. The van der Waals surface area contributed by atoms with Crippen LogP contribution in [0.25, 0.3) is 0 Å². The highest BCUT2D eigenvalue weighted by molar-refractivity contribution is 7.86. The summed E-state index contributed by atoms with van der Waals surface area (Å²) in [5.41, 5.74) is 1.68. The zero-order chi connectivity index (χ0) is 20.0. The summed E-state index contributed by atoms with van der Waals surface area (Å²) < 4.78 is 37.9. The van der Waals surface area contributed by atoms with Crippen LogP contribution in [-0.2, 0) is 26.1 Å². The Bertz CT molecular complexity index is 858. The quantitative estimate of drug-likeness (QED) is 0.653. The van der Waals surface area contributed by atoms with E-state index in [1.807, 2.05) is 6.92 Å². The fraction of sp³-hybridized carbons (Fsp3) is 0.316. The summed E-state index contributed by atoms with van der Waals surface area (Å²) in [4.78, 5) is 11.0.